The third-order valence-electron chi connectivity index (χ3n) is 3.94. The van der Waals surface area contributed by atoms with Crippen LogP contribution in [-0.2, 0) is 9.53 Å². The van der Waals surface area contributed by atoms with E-state index in [0.717, 1.165) is 32.1 Å². The maximum Gasteiger partial charge on any atom is 0.410 e. The Morgan fingerprint density at radius 2 is 1.74 bits per heavy atom. The fourth-order valence-corrected chi connectivity index (χ4v) is 2.64. The lowest BCUT2D eigenvalue weighted by molar-refractivity contribution is -0.126. The topological polar surface area (TPSA) is 46.6 Å². The van der Waals surface area contributed by atoms with Gasteiger partial charge in [0, 0.05) is 19.0 Å². The van der Waals surface area contributed by atoms with Crippen molar-refractivity contribution in [2.45, 2.75) is 65.4 Å². The normalized spacial score (nSPS) is 18.2. The van der Waals surface area contributed by atoms with Gasteiger partial charge in [0.05, 0.1) is 0 Å². The zero-order valence-corrected chi connectivity index (χ0v) is 12.9. The molecule has 0 spiro atoms. The average Bonchev–Trinajstić information content (AvgIpc) is 2.73. The Balaban J connectivity index is 2.51. The molecule has 1 saturated carbocycles. The molecule has 0 aliphatic heterocycles. The lowest BCUT2D eigenvalue weighted by Crippen LogP contribution is -2.37. The van der Waals surface area contributed by atoms with Gasteiger partial charge in [0.1, 0.15) is 11.4 Å². The van der Waals surface area contributed by atoms with E-state index in [0.29, 0.717) is 6.54 Å². The SMILES string of the molecule is CC(=O)C1(CCN(C)C(=O)OC(C)(C)C)CCCC1. The first-order valence-electron chi connectivity index (χ1n) is 7.11. The number of hydrogen-bond acceptors (Lipinski definition) is 3. The van der Waals surface area contributed by atoms with Crippen LogP contribution in [-0.4, -0.2) is 36.0 Å². The molecule has 0 heterocycles. The molecule has 0 atom stereocenters. The number of Topliss-reactive ketones (excluding diaryl/α,β-unsaturated/α-hetero) is 1. The third-order valence-corrected chi connectivity index (χ3v) is 3.94. The second kappa shape index (κ2) is 5.93. The number of carbonyl (C=O) groups excluding carboxylic acids is 2. The first-order valence-corrected chi connectivity index (χ1v) is 7.11. The molecule has 0 N–H and O–H groups in total. The average molecular weight is 269 g/mol. The third kappa shape index (κ3) is 4.51. The summed E-state index contributed by atoms with van der Waals surface area (Å²) in [6, 6.07) is 0. The summed E-state index contributed by atoms with van der Waals surface area (Å²) in [5, 5.41) is 0. The molecule has 0 aromatic rings. The largest absolute Gasteiger partial charge is 0.444 e. The van der Waals surface area contributed by atoms with Crippen LogP contribution in [0.3, 0.4) is 0 Å². The van der Waals surface area contributed by atoms with E-state index in [1.165, 1.54) is 0 Å². The zero-order chi connectivity index (χ0) is 14.7. The fraction of sp³-hybridized carbons (Fsp3) is 0.867. The van der Waals surface area contributed by atoms with Crippen molar-refractivity contribution < 1.29 is 14.3 Å². The molecule has 0 bridgehead atoms. The highest BCUT2D eigenvalue weighted by Crippen LogP contribution is 2.41. The molecule has 4 nitrogen and oxygen atoms in total. The second-order valence-corrected chi connectivity index (χ2v) is 6.70. The van der Waals surface area contributed by atoms with Crippen molar-refractivity contribution in [3.8, 4) is 0 Å². The molecule has 0 aromatic carbocycles. The molecule has 1 aliphatic carbocycles. The molecule has 0 aromatic heterocycles. The molecule has 0 radical (unpaired) electrons. The van der Waals surface area contributed by atoms with Crippen molar-refractivity contribution in [1.29, 1.82) is 0 Å². The summed E-state index contributed by atoms with van der Waals surface area (Å²) in [6.07, 6.45) is 4.60. The van der Waals surface area contributed by atoms with E-state index in [4.69, 9.17) is 4.74 Å². The quantitative estimate of drug-likeness (QED) is 0.786. The van der Waals surface area contributed by atoms with E-state index in [2.05, 4.69) is 0 Å². The predicted octanol–water partition coefficient (Wildman–Crippen LogP) is 3.39. The molecule has 19 heavy (non-hydrogen) atoms. The standard InChI is InChI=1S/C15H27NO3/c1-12(17)15(8-6-7-9-15)10-11-16(5)13(18)19-14(2,3)4/h6-11H2,1-5H3. The summed E-state index contributed by atoms with van der Waals surface area (Å²) in [4.78, 5) is 25.3. The minimum atomic E-state index is -0.475. The number of rotatable bonds is 4. The minimum Gasteiger partial charge on any atom is -0.444 e. The molecular formula is C15H27NO3. The summed E-state index contributed by atoms with van der Waals surface area (Å²) in [5.41, 5.74) is -0.673. The Morgan fingerprint density at radius 1 is 1.21 bits per heavy atom. The van der Waals surface area contributed by atoms with Crippen molar-refractivity contribution in [2.75, 3.05) is 13.6 Å². The second-order valence-electron chi connectivity index (χ2n) is 6.70. The van der Waals surface area contributed by atoms with Crippen LogP contribution < -0.4 is 0 Å². The highest BCUT2D eigenvalue weighted by molar-refractivity contribution is 5.82. The number of amides is 1. The molecular weight excluding hydrogens is 242 g/mol. The summed E-state index contributed by atoms with van der Waals surface area (Å²) in [6.45, 7) is 7.82. The first-order chi connectivity index (χ1) is 8.66. The van der Waals surface area contributed by atoms with Crippen LogP contribution in [0.4, 0.5) is 4.79 Å². The van der Waals surface area contributed by atoms with Gasteiger partial charge in [-0.25, -0.2) is 4.79 Å². The summed E-state index contributed by atoms with van der Waals surface area (Å²) in [7, 11) is 1.73. The van der Waals surface area contributed by atoms with E-state index in [9.17, 15) is 9.59 Å². The fourth-order valence-electron chi connectivity index (χ4n) is 2.64. The van der Waals surface area contributed by atoms with E-state index >= 15 is 0 Å². The van der Waals surface area contributed by atoms with Gasteiger partial charge in [-0.1, -0.05) is 12.8 Å². The Morgan fingerprint density at radius 3 is 2.16 bits per heavy atom. The number of hydrogen-bond donors (Lipinski definition) is 0. The Labute approximate surface area is 116 Å². The van der Waals surface area contributed by atoms with Crippen LogP contribution in [0.5, 0.6) is 0 Å². The van der Waals surface area contributed by atoms with E-state index in [-0.39, 0.29) is 17.3 Å². The Bertz CT molecular complexity index is 338. The number of ether oxygens (including phenoxy) is 1. The van der Waals surface area contributed by atoms with E-state index in [1.54, 1.807) is 18.9 Å². The smallest absolute Gasteiger partial charge is 0.410 e. The number of carbonyl (C=O) groups is 2. The maximum absolute atomic E-state index is 11.9. The molecule has 1 aliphatic rings. The molecule has 1 fully saturated rings. The molecule has 110 valence electrons. The number of ketones is 1. The van der Waals surface area contributed by atoms with E-state index < -0.39 is 5.60 Å². The van der Waals surface area contributed by atoms with Gasteiger partial charge in [-0.15, -0.1) is 0 Å². The van der Waals surface area contributed by atoms with E-state index in [1.807, 2.05) is 20.8 Å². The molecule has 0 unspecified atom stereocenters. The van der Waals surface area contributed by atoms with Crippen LogP contribution >= 0.6 is 0 Å². The monoisotopic (exact) mass is 269 g/mol. The van der Waals surface area contributed by atoms with Gasteiger partial charge in [-0.3, -0.25) is 4.79 Å². The van der Waals surface area contributed by atoms with Gasteiger partial charge in [-0.05, 0) is 47.0 Å². The van der Waals surface area contributed by atoms with Crippen LogP contribution in [0.2, 0.25) is 0 Å². The lowest BCUT2D eigenvalue weighted by Gasteiger charge is -2.29. The predicted molar refractivity (Wildman–Crippen MR) is 75.1 cm³/mol. The van der Waals surface area contributed by atoms with Crippen molar-refractivity contribution in [3.05, 3.63) is 0 Å². The Kier molecular flexibility index (Phi) is 4.99. The van der Waals surface area contributed by atoms with Crippen molar-refractivity contribution in [3.63, 3.8) is 0 Å². The van der Waals surface area contributed by atoms with Gasteiger partial charge < -0.3 is 9.64 Å². The van der Waals surface area contributed by atoms with Crippen LogP contribution in [0, 0.1) is 5.41 Å². The van der Waals surface area contributed by atoms with Crippen LogP contribution in [0.25, 0.3) is 0 Å². The molecule has 1 amide bonds. The van der Waals surface area contributed by atoms with Gasteiger partial charge in [0.25, 0.3) is 0 Å². The molecule has 0 saturated heterocycles. The zero-order valence-electron chi connectivity index (χ0n) is 12.9. The first kappa shape index (κ1) is 16.0. The maximum atomic E-state index is 11.9. The molecule has 1 rings (SSSR count). The van der Waals surface area contributed by atoms with Gasteiger partial charge in [0.2, 0.25) is 0 Å². The highest BCUT2D eigenvalue weighted by atomic mass is 16.6. The highest BCUT2D eigenvalue weighted by Gasteiger charge is 2.38. The van der Waals surface area contributed by atoms with Crippen LogP contribution in [0.15, 0.2) is 0 Å². The lowest BCUT2D eigenvalue weighted by atomic mass is 9.79. The Hall–Kier alpha value is -1.06. The van der Waals surface area contributed by atoms with Crippen LogP contribution in [0.1, 0.15) is 59.8 Å². The van der Waals surface area contributed by atoms with Gasteiger partial charge >= 0.3 is 6.09 Å². The number of nitrogens with zero attached hydrogens (tertiary/aromatic N) is 1. The minimum absolute atomic E-state index is 0.198. The van der Waals surface area contributed by atoms with Crippen molar-refractivity contribution in [1.82, 2.24) is 4.90 Å². The van der Waals surface area contributed by atoms with Crippen molar-refractivity contribution >= 4 is 11.9 Å². The summed E-state index contributed by atoms with van der Waals surface area (Å²) < 4.78 is 5.31. The van der Waals surface area contributed by atoms with Gasteiger partial charge in [-0.2, -0.15) is 0 Å². The molecule has 4 heteroatoms. The van der Waals surface area contributed by atoms with Gasteiger partial charge in [0.15, 0.2) is 0 Å². The summed E-state index contributed by atoms with van der Waals surface area (Å²) in [5.74, 6) is 0.266. The van der Waals surface area contributed by atoms with Crippen molar-refractivity contribution in [2.24, 2.45) is 5.41 Å². The summed E-state index contributed by atoms with van der Waals surface area (Å²) >= 11 is 0.